The van der Waals surface area contributed by atoms with Crippen LogP contribution >= 0.6 is 11.6 Å². The summed E-state index contributed by atoms with van der Waals surface area (Å²) in [5, 5.41) is 0. The van der Waals surface area contributed by atoms with E-state index in [0.29, 0.717) is 17.8 Å². The maximum Gasteiger partial charge on any atom is 0.160 e. The van der Waals surface area contributed by atoms with Crippen molar-refractivity contribution < 1.29 is 0 Å². The molecule has 2 aromatic rings. The molecule has 0 fully saturated rings. The maximum absolute atomic E-state index is 6.12. The molecule has 0 aliphatic heterocycles. The van der Waals surface area contributed by atoms with Gasteiger partial charge in [-0.25, -0.2) is 9.97 Å². The van der Waals surface area contributed by atoms with Crippen LogP contribution in [0.4, 0.5) is 0 Å². The van der Waals surface area contributed by atoms with Crippen LogP contribution in [0.1, 0.15) is 31.3 Å². The highest BCUT2D eigenvalue weighted by Gasteiger charge is 2.23. The van der Waals surface area contributed by atoms with Crippen LogP contribution in [0.25, 0.3) is 11.2 Å². The first-order valence-corrected chi connectivity index (χ1v) is 7.52. The maximum atomic E-state index is 6.12. The van der Waals surface area contributed by atoms with E-state index >= 15 is 0 Å². The lowest BCUT2D eigenvalue weighted by Gasteiger charge is -2.27. The second-order valence-electron chi connectivity index (χ2n) is 5.91. The van der Waals surface area contributed by atoms with Crippen molar-refractivity contribution in [1.29, 1.82) is 0 Å². The molecule has 0 aliphatic carbocycles. The van der Waals surface area contributed by atoms with Crippen molar-refractivity contribution in [3.05, 3.63) is 23.7 Å². The Balaban J connectivity index is 2.63. The number of fused-ring (bicyclic) bond motifs is 1. The third-order valence-corrected chi connectivity index (χ3v) is 3.87. The fourth-order valence-electron chi connectivity index (χ4n) is 2.56. The van der Waals surface area contributed by atoms with Crippen molar-refractivity contribution in [2.45, 2.75) is 32.7 Å². The molecule has 0 saturated carbocycles. The van der Waals surface area contributed by atoms with Crippen LogP contribution in [0, 0.1) is 12.8 Å². The smallest absolute Gasteiger partial charge is 0.160 e. The molecule has 0 amide bonds. The summed E-state index contributed by atoms with van der Waals surface area (Å²) >= 11 is 6.12. The number of likely N-dealkylation sites (N-methyl/N-ethyl adjacent to an activating group) is 1. The second kappa shape index (κ2) is 6.10. The molecule has 1 atom stereocenters. The molecule has 0 saturated heterocycles. The molecule has 2 aromatic heterocycles. The van der Waals surface area contributed by atoms with Gasteiger partial charge in [0.15, 0.2) is 5.65 Å². The molecule has 0 spiro atoms. The molecule has 20 heavy (non-hydrogen) atoms. The number of halogens is 1. The summed E-state index contributed by atoms with van der Waals surface area (Å²) < 4.78 is 2.22. The minimum absolute atomic E-state index is 0.318. The quantitative estimate of drug-likeness (QED) is 0.794. The van der Waals surface area contributed by atoms with E-state index in [4.69, 9.17) is 16.6 Å². The average Bonchev–Trinajstić information content (AvgIpc) is 2.75. The minimum atomic E-state index is 0.318. The summed E-state index contributed by atoms with van der Waals surface area (Å²) in [5.41, 5.74) is 3.06. The molecule has 4 nitrogen and oxygen atoms in total. The van der Waals surface area contributed by atoms with Gasteiger partial charge in [-0.1, -0.05) is 13.8 Å². The third kappa shape index (κ3) is 2.81. The summed E-state index contributed by atoms with van der Waals surface area (Å²) in [4.78, 5) is 11.4. The van der Waals surface area contributed by atoms with Gasteiger partial charge in [0.05, 0.1) is 11.9 Å². The lowest BCUT2D eigenvalue weighted by atomic mass is 10.0. The zero-order chi connectivity index (χ0) is 14.9. The number of hydrogen-bond acceptors (Lipinski definition) is 3. The van der Waals surface area contributed by atoms with Crippen molar-refractivity contribution in [2.24, 2.45) is 5.92 Å². The number of nitrogens with zero attached hydrogens (tertiary/aromatic N) is 4. The molecule has 2 rings (SSSR count). The van der Waals surface area contributed by atoms with Crippen LogP contribution in [0.2, 0.25) is 0 Å². The number of aryl methyl sites for hydroxylation is 1. The molecular weight excluding hydrogens is 272 g/mol. The molecule has 0 aromatic carbocycles. The number of pyridine rings is 1. The van der Waals surface area contributed by atoms with Gasteiger partial charge in [-0.15, -0.1) is 11.6 Å². The van der Waals surface area contributed by atoms with Crippen LogP contribution in [0.5, 0.6) is 0 Å². The third-order valence-electron chi connectivity index (χ3n) is 3.63. The Bertz CT molecular complexity index is 589. The number of aromatic nitrogens is 3. The summed E-state index contributed by atoms with van der Waals surface area (Å²) in [6, 6.07) is 2.31. The van der Waals surface area contributed by atoms with E-state index in [9.17, 15) is 0 Å². The highest BCUT2D eigenvalue weighted by atomic mass is 35.5. The van der Waals surface area contributed by atoms with Gasteiger partial charge in [-0.3, -0.25) is 0 Å². The first-order valence-electron chi connectivity index (χ1n) is 6.98. The molecule has 2 heterocycles. The van der Waals surface area contributed by atoms with Crippen molar-refractivity contribution in [3.63, 3.8) is 0 Å². The van der Waals surface area contributed by atoms with Gasteiger partial charge in [0.1, 0.15) is 11.3 Å². The van der Waals surface area contributed by atoms with Gasteiger partial charge in [0.2, 0.25) is 0 Å². The van der Waals surface area contributed by atoms with Gasteiger partial charge < -0.3 is 9.47 Å². The van der Waals surface area contributed by atoms with E-state index < -0.39 is 0 Å². The highest BCUT2D eigenvalue weighted by Crippen LogP contribution is 2.27. The van der Waals surface area contributed by atoms with Gasteiger partial charge in [0.25, 0.3) is 0 Å². The number of imidazole rings is 1. The van der Waals surface area contributed by atoms with Gasteiger partial charge in [0, 0.05) is 12.7 Å². The average molecular weight is 295 g/mol. The fraction of sp³-hybridized carbons (Fsp3) is 0.600. The van der Waals surface area contributed by atoms with E-state index in [1.54, 1.807) is 0 Å². The molecule has 1 unspecified atom stereocenters. The van der Waals surface area contributed by atoms with Crippen molar-refractivity contribution >= 4 is 22.8 Å². The number of hydrogen-bond donors (Lipinski definition) is 0. The second-order valence-corrected chi connectivity index (χ2v) is 6.17. The van der Waals surface area contributed by atoms with E-state index in [-0.39, 0.29) is 0 Å². The molecule has 0 bridgehead atoms. The Morgan fingerprint density at radius 3 is 2.60 bits per heavy atom. The monoisotopic (exact) mass is 294 g/mol. The Kier molecular flexibility index (Phi) is 4.66. The molecule has 0 radical (unpaired) electrons. The van der Waals surface area contributed by atoms with Crippen molar-refractivity contribution in [1.82, 2.24) is 19.4 Å². The van der Waals surface area contributed by atoms with Gasteiger partial charge >= 0.3 is 0 Å². The van der Waals surface area contributed by atoms with E-state index in [1.807, 2.05) is 12.3 Å². The lowest BCUT2D eigenvalue weighted by Crippen LogP contribution is -2.29. The van der Waals surface area contributed by atoms with Crippen molar-refractivity contribution in [2.75, 3.05) is 20.6 Å². The Morgan fingerprint density at radius 1 is 1.35 bits per heavy atom. The van der Waals surface area contributed by atoms with Gasteiger partial charge in [-0.05, 0) is 38.6 Å². The predicted molar refractivity (Wildman–Crippen MR) is 84.3 cm³/mol. The molecule has 5 heteroatoms. The summed E-state index contributed by atoms with van der Waals surface area (Å²) in [6.45, 7) is 7.47. The van der Waals surface area contributed by atoms with E-state index in [2.05, 4.69) is 49.3 Å². The molecule has 110 valence electrons. The summed E-state index contributed by atoms with van der Waals surface area (Å²) in [6.07, 6.45) is 1.85. The zero-order valence-electron chi connectivity index (χ0n) is 12.9. The fourth-order valence-corrected chi connectivity index (χ4v) is 2.75. The Morgan fingerprint density at radius 2 is 2.05 bits per heavy atom. The normalized spacial score (nSPS) is 13.6. The van der Waals surface area contributed by atoms with Gasteiger partial charge in [-0.2, -0.15) is 0 Å². The molecule has 0 N–H and O–H groups in total. The van der Waals surface area contributed by atoms with Crippen LogP contribution in [-0.2, 0) is 5.88 Å². The first kappa shape index (κ1) is 15.3. The summed E-state index contributed by atoms with van der Waals surface area (Å²) in [5.74, 6) is 1.80. The van der Waals surface area contributed by atoms with Crippen LogP contribution < -0.4 is 0 Å². The predicted octanol–water partition coefficient (Wildman–Crippen LogP) is 3.24. The molecular formula is C15H23ClN4. The first-order chi connectivity index (χ1) is 9.45. The number of rotatable bonds is 5. The topological polar surface area (TPSA) is 34.0 Å². The summed E-state index contributed by atoms with van der Waals surface area (Å²) in [7, 11) is 4.18. The number of alkyl halides is 1. The standard InChI is InChI=1S/C15H23ClN4/c1-10(2)12(9-19(4)5)20-13(8-16)18-14-11(3)6-7-17-15(14)20/h6-7,10,12H,8-9H2,1-5H3. The van der Waals surface area contributed by atoms with Crippen LogP contribution in [0.3, 0.4) is 0 Å². The minimum Gasteiger partial charge on any atom is -0.307 e. The Labute approximate surface area is 125 Å². The van der Waals surface area contributed by atoms with E-state index in [0.717, 1.165) is 29.1 Å². The van der Waals surface area contributed by atoms with Crippen LogP contribution in [0.15, 0.2) is 12.3 Å². The lowest BCUT2D eigenvalue weighted by molar-refractivity contribution is 0.269. The SMILES string of the molecule is Cc1ccnc2c1nc(CCl)n2C(CN(C)C)C(C)C. The molecule has 0 aliphatic rings. The highest BCUT2D eigenvalue weighted by molar-refractivity contribution is 6.16. The Hall–Kier alpha value is -1.13. The van der Waals surface area contributed by atoms with Crippen LogP contribution in [-0.4, -0.2) is 40.1 Å². The zero-order valence-corrected chi connectivity index (χ0v) is 13.6. The van der Waals surface area contributed by atoms with E-state index in [1.165, 1.54) is 0 Å². The van der Waals surface area contributed by atoms with Crippen molar-refractivity contribution in [3.8, 4) is 0 Å². The largest absolute Gasteiger partial charge is 0.307 e.